The highest BCUT2D eigenvalue weighted by Gasteiger charge is 2.63. The van der Waals surface area contributed by atoms with Gasteiger partial charge in [-0.3, -0.25) is 4.79 Å². The van der Waals surface area contributed by atoms with Crippen LogP contribution in [0.2, 0.25) is 0 Å². The summed E-state index contributed by atoms with van der Waals surface area (Å²) in [5, 5.41) is 49.1. The van der Waals surface area contributed by atoms with Crippen LogP contribution in [0.25, 0.3) is 22.3 Å². The summed E-state index contributed by atoms with van der Waals surface area (Å²) in [6, 6.07) is 15.3. The molecule has 0 spiro atoms. The zero-order valence-corrected chi connectivity index (χ0v) is 73.8. The first-order chi connectivity index (χ1) is 59.6. The molecular formula is C78H92F8N18O20S4. The van der Waals surface area contributed by atoms with Gasteiger partial charge < -0.3 is 59.0 Å². The van der Waals surface area contributed by atoms with Gasteiger partial charge in [0, 0.05) is 159 Å². The maximum Gasteiger partial charge on any atom is 0.410 e. The third-order valence-corrected chi connectivity index (χ3v) is 29.8. The Labute approximate surface area is 730 Å². The van der Waals surface area contributed by atoms with Crippen molar-refractivity contribution in [2.24, 2.45) is 23.7 Å². The van der Waals surface area contributed by atoms with E-state index in [0.717, 1.165) is 40.0 Å². The summed E-state index contributed by atoms with van der Waals surface area (Å²) in [4.78, 5) is 69.0. The maximum absolute atomic E-state index is 13.4. The van der Waals surface area contributed by atoms with E-state index in [0.29, 0.717) is 109 Å². The molecule has 0 bridgehead atoms. The molecule has 0 radical (unpaired) electrons. The second-order valence-electron chi connectivity index (χ2n) is 34.1. The lowest BCUT2D eigenvalue weighted by molar-refractivity contribution is 0.0239. The molecule has 50 heteroatoms. The lowest BCUT2D eigenvalue weighted by atomic mass is 10.0. The molecule has 6 aromatic rings. The van der Waals surface area contributed by atoms with Crippen LogP contribution in [0.15, 0.2) is 106 Å². The zero-order valence-electron chi connectivity index (χ0n) is 70.5. The average molecular weight is 1880 g/mol. The van der Waals surface area contributed by atoms with Crippen molar-refractivity contribution in [1.29, 1.82) is 0 Å². The second-order valence-corrected chi connectivity index (χ2v) is 41.7. The molecule has 694 valence electrons. The van der Waals surface area contributed by atoms with Crippen LogP contribution in [0.4, 0.5) is 90.7 Å². The van der Waals surface area contributed by atoms with Gasteiger partial charge in [0.05, 0.1) is 65.2 Å². The smallest absolute Gasteiger partial charge is 0.410 e. The van der Waals surface area contributed by atoms with Crippen LogP contribution >= 0.6 is 0 Å². The van der Waals surface area contributed by atoms with Crippen molar-refractivity contribution < 1.29 is 127 Å². The Balaban J connectivity index is 0.000000134. The number of hydrogen-bond acceptors (Lipinski definition) is 26. The number of ether oxygens (including phenoxy) is 2. The highest BCUT2D eigenvalue weighted by atomic mass is 32.2. The number of carbonyl (C=O) groups is 4. The third kappa shape index (κ3) is 18.9. The number of aliphatic hydroxyl groups excluding tert-OH is 3. The normalized spacial score (nSPS) is 23.5. The number of fused-ring (bicyclic) bond motifs is 4. The molecule has 4 unspecified atom stereocenters. The lowest BCUT2D eigenvalue weighted by Gasteiger charge is -2.30. The molecule has 18 rings (SSSR count). The number of amides is 3. The van der Waals surface area contributed by atoms with E-state index < -0.39 is 111 Å². The van der Waals surface area contributed by atoms with E-state index in [2.05, 4.69) is 44.6 Å². The fourth-order valence-corrected chi connectivity index (χ4v) is 20.6. The van der Waals surface area contributed by atoms with Gasteiger partial charge in [0.15, 0.2) is 34.7 Å². The molecule has 12 aliphatic rings. The summed E-state index contributed by atoms with van der Waals surface area (Å²) in [6.45, 7) is 11.8. The van der Waals surface area contributed by atoms with E-state index >= 15 is 0 Å². The van der Waals surface area contributed by atoms with Crippen molar-refractivity contribution >= 4 is 133 Å². The molecule has 4 atom stereocenters. The monoisotopic (exact) mass is 1880 g/mol. The van der Waals surface area contributed by atoms with Crippen LogP contribution in [-0.2, 0) is 50.3 Å². The number of carboxylic acids is 1. The van der Waals surface area contributed by atoms with Gasteiger partial charge in [-0.2, -0.15) is 33.7 Å². The van der Waals surface area contributed by atoms with Crippen molar-refractivity contribution in [3.05, 3.63) is 131 Å². The number of anilines is 8. The summed E-state index contributed by atoms with van der Waals surface area (Å²) in [6.07, 6.45) is 3.87. The number of carbonyl (C=O) groups excluding carboxylic acids is 3. The molecule has 5 N–H and O–H groups in total. The van der Waals surface area contributed by atoms with E-state index in [1.54, 1.807) is 62.1 Å². The highest BCUT2D eigenvalue weighted by molar-refractivity contribution is 7.95. The Morgan fingerprint density at radius 1 is 0.453 bits per heavy atom. The number of pyridine rings is 4. The Morgan fingerprint density at radius 3 is 1.08 bits per heavy atom. The van der Waals surface area contributed by atoms with Crippen LogP contribution in [-0.4, -0.2) is 265 Å². The second kappa shape index (κ2) is 33.5. The number of carboxylic acid groups (broad SMARTS) is 1. The average Bonchev–Trinajstić information content (AvgIpc) is 1.59. The number of aromatic carboxylic acids is 1. The predicted octanol–water partition coefficient (Wildman–Crippen LogP) is 10.3. The topological polar surface area (TPSA) is 456 Å². The molecule has 14 heterocycles. The fraction of sp³-hybridized carbons (Fsp3) is 0.513. The van der Waals surface area contributed by atoms with Crippen molar-refractivity contribution in [1.82, 2.24) is 50.3 Å². The number of nitrogens with zero attached hydrogens (tertiary/aromatic N) is 17. The Morgan fingerprint density at radius 2 is 0.773 bits per heavy atom. The molecular weight excluding hydrogens is 1790 g/mol. The molecule has 0 saturated heterocycles. The standard InChI is InChI=1S/C20H26F2N4O5S.C20H26F2N4O4S.C19H19F2N5O5S.C15H18F2N4O3S.C4H3NO3/c1-19(2,3)31-18(28)25-8-7-13(16(27)11-25)14-5-6-15-17(23-14)24(4)32(29,30)26(15)10-12-9-20(12,21)22;1-19(2,3)30-18(27)25-9-7-13(8-10-25)15-5-6-16-17(23-15)24(4)31(28,29)26(16)12-14-11-20(14,21)22;1-24-17-15(26(32(24,29)30)9-11-8-19(11,20)21)3-2-13(22-17)12-4-6-25(10-16(12)27)18(28)14-5-7-31-23-14;1-20-14-12(21(25(20,23)24)8-9-6-15(9,16)17)3-2-11(19-14)10-4-5-18-7-13(10)22;6-4(7)3-1-2-8-5-3/h5-6,12,27H,7-11H2,1-4H3;5-7,14H,8-12H2,1-4H3;2-3,5,7,11,27H,4,6,8-10H2,1H3;2-3,9,18,22H,4-8H2,1H3;1-2H,(H,6,7). The molecule has 38 nitrogen and oxygen atoms in total. The van der Waals surface area contributed by atoms with E-state index in [1.165, 1.54) is 74.8 Å². The maximum atomic E-state index is 13.4. The van der Waals surface area contributed by atoms with Crippen LogP contribution in [0, 0.1) is 23.7 Å². The minimum atomic E-state index is -4.01. The van der Waals surface area contributed by atoms with Gasteiger partial charge in [-0.15, -0.1) is 0 Å². The number of halogens is 8. The summed E-state index contributed by atoms with van der Waals surface area (Å²) < 4.78 is 236. The van der Waals surface area contributed by atoms with E-state index in [4.69, 9.17) is 14.6 Å². The zero-order chi connectivity index (χ0) is 93.2. The SMILES string of the molecule is CN1c2nc(C3=C(O)CN(C(=O)OC(C)(C)C)CC3)ccc2N(CC2CC2(F)F)S1(=O)=O.CN1c2nc(C3=C(O)CN(C(=O)c4ccon4)CC3)ccc2N(CC2CC2(F)F)S1(=O)=O.CN1c2nc(C3=C(O)CNCC3)ccc2N(CC2CC2(F)F)S1(=O)=O.CN1c2nc(C3=CCN(C(=O)OC(C)(C)C)CC3)ccc2N(CC2CC2(F)F)S1(=O)=O.O=C(O)c1ccon1. The number of nitrogens with one attached hydrogen (secondary N) is 1. The van der Waals surface area contributed by atoms with Crippen molar-refractivity contribution in [3.63, 3.8) is 0 Å². The van der Waals surface area contributed by atoms with Crippen molar-refractivity contribution in [2.45, 2.75) is 128 Å². The molecule has 0 aromatic carbocycles. The molecule has 4 fully saturated rings. The quantitative estimate of drug-likeness (QED) is 0.0633. The molecule has 8 aliphatic heterocycles. The van der Waals surface area contributed by atoms with Gasteiger partial charge >= 0.3 is 59.0 Å². The van der Waals surface area contributed by atoms with Crippen molar-refractivity contribution in [2.75, 3.05) is 141 Å². The summed E-state index contributed by atoms with van der Waals surface area (Å²) in [5.41, 5.74) is 4.23. The fourth-order valence-electron chi connectivity index (χ4n) is 15.0. The van der Waals surface area contributed by atoms with Crippen LogP contribution < -0.4 is 39.8 Å². The molecule has 4 saturated carbocycles. The molecule has 4 aliphatic carbocycles. The number of rotatable bonds is 14. The molecule has 128 heavy (non-hydrogen) atoms. The molecule has 3 amide bonds. The minimum absolute atomic E-state index is 0.0555. The lowest BCUT2D eigenvalue weighted by Crippen LogP contribution is -2.40. The van der Waals surface area contributed by atoms with Crippen LogP contribution in [0.1, 0.15) is 137 Å². The molecule has 6 aromatic heterocycles. The van der Waals surface area contributed by atoms with Crippen molar-refractivity contribution in [3.8, 4) is 0 Å². The van der Waals surface area contributed by atoms with Crippen LogP contribution in [0.5, 0.6) is 0 Å². The van der Waals surface area contributed by atoms with E-state index in [1.807, 2.05) is 26.8 Å². The first-order valence-electron chi connectivity index (χ1n) is 40.2. The third-order valence-electron chi connectivity index (χ3n) is 22.8. The predicted molar refractivity (Wildman–Crippen MR) is 447 cm³/mol. The summed E-state index contributed by atoms with van der Waals surface area (Å²) >= 11 is 0. The number of aromatic nitrogens is 6. The summed E-state index contributed by atoms with van der Waals surface area (Å²) in [5.74, 6) is -16.0. The minimum Gasteiger partial charge on any atom is -0.511 e. The highest BCUT2D eigenvalue weighted by Crippen LogP contribution is 2.56. The van der Waals surface area contributed by atoms with Gasteiger partial charge in [0.1, 0.15) is 41.0 Å². The van der Waals surface area contributed by atoms with E-state index in [-0.39, 0.29) is 147 Å². The number of aliphatic hydroxyl groups is 3. The Hall–Kier alpha value is -11.5. The first-order valence-corrected chi connectivity index (χ1v) is 45.8. The number of alkyl halides is 8. The van der Waals surface area contributed by atoms with Gasteiger partial charge in [-0.05, 0) is 128 Å². The van der Waals surface area contributed by atoms with E-state index in [9.17, 15) is 103 Å². The van der Waals surface area contributed by atoms with Gasteiger partial charge in [0.25, 0.3) is 29.6 Å². The van der Waals surface area contributed by atoms with Gasteiger partial charge in [-0.25, -0.2) is 104 Å². The summed E-state index contributed by atoms with van der Waals surface area (Å²) in [7, 11) is -10.5. The Kier molecular flexibility index (Phi) is 24.3. The van der Waals surface area contributed by atoms with Crippen LogP contribution in [0.3, 0.4) is 0 Å². The van der Waals surface area contributed by atoms with Gasteiger partial charge in [0.2, 0.25) is 0 Å². The first kappa shape index (κ1) is 92.6. The number of hydrogen-bond donors (Lipinski definition) is 5. The Bertz CT molecular complexity index is 6020. The van der Waals surface area contributed by atoms with Gasteiger partial charge in [-0.1, -0.05) is 16.4 Å². The largest absolute Gasteiger partial charge is 0.511 e.